The highest BCUT2D eigenvalue weighted by atomic mass is 16.6. The first kappa shape index (κ1) is 45.3. The van der Waals surface area contributed by atoms with E-state index in [1.807, 2.05) is 30.5 Å². The van der Waals surface area contributed by atoms with E-state index in [0.717, 1.165) is 74.9 Å². The molecule has 0 saturated heterocycles. The SMILES string of the molecule is COc1cc([C@H]2Oc3c(c4c(c5c3CC[C@H](CO)O5)-c3ccc(O)cc3[C@H](Cc3ccc5[nH]ccc5c3)C4)C[C@@]2(CNCNC[C@H](C)O)OCNC2CCCCC2)cc(CCCO)c1O. The summed E-state index contributed by atoms with van der Waals surface area (Å²) in [6.45, 7) is 3.09. The average molecular weight is 891 g/mol. The zero-order chi connectivity index (χ0) is 45.1. The summed E-state index contributed by atoms with van der Waals surface area (Å²) in [6, 6.07) is 18.5. The highest BCUT2D eigenvalue weighted by Gasteiger charge is 2.50. The van der Waals surface area contributed by atoms with E-state index in [9.17, 15) is 25.5 Å². The Kier molecular flexibility index (Phi) is 13.9. The second-order valence-corrected chi connectivity index (χ2v) is 18.7. The smallest absolute Gasteiger partial charge is 0.161 e. The van der Waals surface area contributed by atoms with Gasteiger partial charge in [0, 0.05) is 67.2 Å². The van der Waals surface area contributed by atoms with Crippen LogP contribution >= 0.6 is 0 Å². The Morgan fingerprint density at radius 1 is 0.923 bits per heavy atom. The van der Waals surface area contributed by atoms with Crippen LogP contribution in [0.4, 0.5) is 0 Å². The lowest BCUT2D eigenvalue weighted by molar-refractivity contribution is -0.132. The summed E-state index contributed by atoms with van der Waals surface area (Å²) in [5.41, 5.74) is 8.79. The zero-order valence-electron chi connectivity index (χ0n) is 37.8. The molecule has 348 valence electrons. The molecule has 0 amide bonds. The Labute approximate surface area is 381 Å². The minimum Gasteiger partial charge on any atom is -0.508 e. The molecule has 3 heterocycles. The fraction of sp³-hybridized carbons (Fsp3) is 0.500. The summed E-state index contributed by atoms with van der Waals surface area (Å²) in [6.07, 6.45) is 10.1. The molecule has 9 N–H and O–H groups in total. The number of rotatable bonds is 18. The molecule has 0 spiro atoms. The van der Waals surface area contributed by atoms with Crippen molar-refractivity contribution in [2.75, 3.05) is 46.8 Å². The number of aliphatic hydroxyl groups excluding tert-OH is 3. The molecular weight excluding hydrogens is 825 g/mol. The van der Waals surface area contributed by atoms with E-state index in [4.69, 9.17) is 18.9 Å². The molecule has 13 nitrogen and oxygen atoms in total. The van der Waals surface area contributed by atoms with Crippen molar-refractivity contribution in [1.82, 2.24) is 20.9 Å². The molecule has 2 aliphatic heterocycles. The lowest BCUT2D eigenvalue weighted by Crippen LogP contribution is -2.56. The lowest BCUT2D eigenvalue weighted by Gasteiger charge is -2.48. The first-order valence-electron chi connectivity index (χ1n) is 23.7. The molecule has 5 aromatic rings. The summed E-state index contributed by atoms with van der Waals surface area (Å²) in [7, 11) is 1.54. The highest BCUT2D eigenvalue weighted by Crippen LogP contribution is 2.58. The minimum atomic E-state index is -1.02. The number of methoxy groups -OCH3 is 1. The van der Waals surface area contributed by atoms with Crippen molar-refractivity contribution in [2.24, 2.45) is 0 Å². The number of aryl methyl sites for hydroxylation is 1. The largest absolute Gasteiger partial charge is 0.508 e. The van der Waals surface area contributed by atoms with Gasteiger partial charge in [0.05, 0.1) is 26.6 Å². The van der Waals surface area contributed by atoms with Gasteiger partial charge in [0.1, 0.15) is 29.0 Å². The number of aromatic hydroxyl groups is 2. The van der Waals surface area contributed by atoms with Gasteiger partial charge in [-0.25, -0.2) is 0 Å². The normalized spacial score (nSPS) is 22.0. The number of phenols is 2. The Balaban J connectivity index is 1.22. The molecule has 2 aliphatic carbocycles. The quantitative estimate of drug-likeness (QED) is 0.0340. The predicted octanol–water partition coefficient (Wildman–Crippen LogP) is 6.58. The maximum atomic E-state index is 11.4. The van der Waals surface area contributed by atoms with Crippen LogP contribution in [0.3, 0.4) is 0 Å². The summed E-state index contributed by atoms with van der Waals surface area (Å²) in [4.78, 5) is 3.32. The van der Waals surface area contributed by atoms with Crippen LogP contribution in [-0.4, -0.2) is 101 Å². The van der Waals surface area contributed by atoms with Gasteiger partial charge in [0.15, 0.2) is 17.6 Å². The molecule has 4 aliphatic rings. The van der Waals surface area contributed by atoms with Crippen molar-refractivity contribution in [1.29, 1.82) is 0 Å². The molecule has 13 heteroatoms. The van der Waals surface area contributed by atoms with E-state index in [0.29, 0.717) is 81.4 Å². The third kappa shape index (κ3) is 9.42. The lowest BCUT2D eigenvalue weighted by atomic mass is 9.70. The Hall–Kier alpha value is -4.86. The number of benzene rings is 4. The van der Waals surface area contributed by atoms with Crippen LogP contribution in [0.5, 0.6) is 28.7 Å². The van der Waals surface area contributed by atoms with Crippen molar-refractivity contribution in [3.63, 3.8) is 0 Å². The van der Waals surface area contributed by atoms with Crippen LogP contribution in [0.25, 0.3) is 22.0 Å². The van der Waals surface area contributed by atoms with Crippen LogP contribution in [-0.2, 0) is 36.8 Å². The fourth-order valence-corrected chi connectivity index (χ4v) is 10.9. The number of aromatic nitrogens is 1. The minimum absolute atomic E-state index is 0.000352. The topological polar surface area (TPSA) is 190 Å². The second-order valence-electron chi connectivity index (χ2n) is 18.7. The van der Waals surface area contributed by atoms with Crippen LogP contribution in [0, 0.1) is 0 Å². The molecule has 65 heavy (non-hydrogen) atoms. The Morgan fingerprint density at radius 3 is 2.58 bits per heavy atom. The summed E-state index contributed by atoms with van der Waals surface area (Å²) < 4.78 is 27.5. The van der Waals surface area contributed by atoms with Crippen LogP contribution in [0.1, 0.15) is 103 Å². The monoisotopic (exact) mass is 890 g/mol. The predicted molar refractivity (Wildman–Crippen MR) is 250 cm³/mol. The number of nitrogens with one attached hydrogen (secondary N) is 4. The van der Waals surface area contributed by atoms with Gasteiger partial charge in [-0.15, -0.1) is 0 Å². The van der Waals surface area contributed by atoms with Gasteiger partial charge in [0.2, 0.25) is 0 Å². The van der Waals surface area contributed by atoms with Gasteiger partial charge < -0.3 is 60.1 Å². The van der Waals surface area contributed by atoms with Gasteiger partial charge in [-0.1, -0.05) is 31.4 Å². The molecule has 1 saturated carbocycles. The van der Waals surface area contributed by atoms with Crippen LogP contribution in [0.2, 0.25) is 0 Å². The van der Waals surface area contributed by atoms with Crippen molar-refractivity contribution < 1.29 is 44.5 Å². The van der Waals surface area contributed by atoms with Gasteiger partial charge >= 0.3 is 0 Å². The number of ether oxygens (including phenoxy) is 4. The van der Waals surface area contributed by atoms with Crippen LogP contribution in [0.15, 0.2) is 60.8 Å². The molecule has 1 aromatic heterocycles. The van der Waals surface area contributed by atoms with Gasteiger partial charge in [-0.2, -0.15) is 0 Å². The second kappa shape index (κ2) is 19.9. The molecule has 1 fully saturated rings. The standard InChI is InChI=1S/C52H66N4O9/c1-31(59)26-53-29-54-28-52(63-30-56-37-8-4-3-5-9-37)25-44-43-22-35(20-32-10-15-45-33(19-32)16-17-55-45)42-24-38(60)11-13-40(42)47(43)50-41(14-12-39(27-58)64-50)49(44)65-51(52)36-21-34(7-6-18-57)48(61)46(23-36)62-2/h10-11,13,15-17,19,21,23-24,31,35,37,39,51,53-61H,3-9,12,14,18,20,22,25-30H2,1-2H3/t31-,35+,39+,51+,52-/m0/s1. The zero-order valence-corrected chi connectivity index (χ0v) is 37.8. The Morgan fingerprint density at radius 2 is 1.78 bits per heavy atom. The summed E-state index contributed by atoms with van der Waals surface area (Å²) in [5, 5.41) is 64.7. The van der Waals surface area contributed by atoms with Crippen molar-refractivity contribution >= 4 is 10.9 Å². The van der Waals surface area contributed by atoms with Crippen LogP contribution < -0.4 is 30.2 Å². The number of aromatic amines is 1. The summed E-state index contributed by atoms with van der Waals surface area (Å²) in [5.74, 6) is 2.02. The fourth-order valence-electron chi connectivity index (χ4n) is 10.9. The van der Waals surface area contributed by atoms with Crippen molar-refractivity contribution in [2.45, 2.75) is 120 Å². The Bertz CT molecular complexity index is 2450. The van der Waals surface area contributed by atoms with E-state index in [1.54, 1.807) is 20.1 Å². The number of hydrogen-bond acceptors (Lipinski definition) is 12. The van der Waals surface area contributed by atoms with E-state index in [2.05, 4.69) is 45.2 Å². The number of fused-ring (bicyclic) bond motifs is 9. The first-order chi connectivity index (χ1) is 31.7. The molecule has 9 rings (SSSR count). The van der Waals surface area contributed by atoms with Gasteiger partial charge in [-0.3, -0.25) is 5.32 Å². The molecule has 0 unspecified atom stereocenters. The molecule has 0 radical (unpaired) electrons. The van der Waals surface area contributed by atoms with Gasteiger partial charge in [-0.05, 0) is 145 Å². The van der Waals surface area contributed by atoms with E-state index >= 15 is 0 Å². The van der Waals surface area contributed by atoms with Crippen molar-refractivity contribution in [3.8, 4) is 39.9 Å². The number of aliphatic hydroxyl groups is 3. The first-order valence-corrected chi connectivity index (χ1v) is 23.7. The molecule has 0 bridgehead atoms. The van der Waals surface area contributed by atoms with E-state index < -0.39 is 23.9 Å². The summed E-state index contributed by atoms with van der Waals surface area (Å²) >= 11 is 0. The highest BCUT2D eigenvalue weighted by molar-refractivity contribution is 5.85. The van der Waals surface area contributed by atoms with E-state index in [-0.39, 0.29) is 37.4 Å². The number of H-pyrrole nitrogens is 1. The molecule has 5 atom stereocenters. The molecule has 4 aromatic carbocycles. The number of phenolic OH excluding ortho intramolecular Hbond substituents is 2. The number of hydrogen-bond donors (Lipinski definition) is 9. The average Bonchev–Trinajstić information content (AvgIpc) is 3.79. The third-order valence-corrected chi connectivity index (χ3v) is 14.2. The van der Waals surface area contributed by atoms with Gasteiger partial charge in [0.25, 0.3) is 0 Å². The maximum absolute atomic E-state index is 11.4. The maximum Gasteiger partial charge on any atom is 0.161 e. The third-order valence-electron chi connectivity index (χ3n) is 14.2. The molecular formula is C52H66N4O9. The van der Waals surface area contributed by atoms with E-state index in [1.165, 1.54) is 24.8 Å². The van der Waals surface area contributed by atoms with Crippen molar-refractivity contribution in [3.05, 3.63) is 99.7 Å².